The van der Waals surface area contributed by atoms with Gasteiger partial charge in [-0.05, 0) is 62.0 Å². The third kappa shape index (κ3) is 6.31. The monoisotopic (exact) mass is 551 g/mol. The van der Waals surface area contributed by atoms with Gasteiger partial charge in [-0.1, -0.05) is 23.4 Å². The highest BCUT2D eigenvalue weighted by atomic mass is 32.1. The lowest BCUT2D eigenvalue weighted by molar-refractivity contribution is -0.142. The molecule has 0 spiro atoms. The Morgan fingerprint density at radius 3 is 2.31 bits per heavy atom. The van der Waals surface area contributed by atoms with Gasteiger partial charge in [0.15, 0.2) is 11.5 Å². The Labute approximate surface area is 231 Å². The van der Waals surface area contributed by atoms with E-state index in [1.807, 2.05) is 62.5 Å². The maximum absolute atomic E-state index is 14.1. The number of nitrogens with zero attached hydrogens (tertiary/aromatic N) is 4. The molecule has 2 aromatic carbocycles. The quantitative estimate of drug-likeness (QED) is 0.315. The van der Waals surface area contributed by atoms with E-state index >= 15 is 0 Å². The van der Waals surface area contributed by atoms with Crippen LogP contribution in [0.15, 0.2) is 53.9 Å². The molecule has 206 valence electrons. The lowest BCUT2D eigenvalue weighted by Gasteiger charge is -2.34. The number of hydrogen-bond acceptors (Lipinski definition) is 8. The number of carbonyl (C=O) groups excluding carboxylic acids is 2. The smallest absolute Gasteiger partial charge is 0.247 e. The van der Waals surface area contributed by atoms with Crippen LogP contribution in [0.2, 0.25) is 0 Å². The van der Waals surface area contributed by atoms with Crippen molar-refractivity contribution in [3.05, 3.63) is 64.4 Å². The number of benzene rings is 2. The molecule has 0 aliphatic carbocycles. The van der Waals surface area contributed by atoms with Crippen molar-refractivity contribution in [3.8, 4) is 17.2 Å². The van der Waals surface area contributed by atoms with Crippen LogP contribution in [0.3, 0.4) is 0 Å². The van der Waals surface area contributed by atoms with Gasteiger partial charge in [-0.3, -0.25) is 9.59 Å². The molecule has 2 amide bonds. The van der Waals surface area contributed by atoms with Gasteiger partial charge in [-0.25, -0.2) is 4.68 Å². The van der Waals surface area contributed by atoms with Crippen LogP contribution in [0.5, 0.6) is 17.2 Å². The van der Waals surface area contributed by atoms with Gasteiger partial charge in [0, 0.05) is 10.4 Å². The normalized spacial score (nSPS) is 12.2. The maximum Gasteiger partial charge on any atom is 0.247 e. The van der Waals surface area contributed by atoms with Crippen LogP contribution in [0.25, 0.3) is 11.0 Å². The number of thiophene rings is 1. The second-order valence-corrected chi connectivity index (χ2v) is 11.0. The molecule has 0 saturated heterocycles. The molecule has 2 heterocycles. The Hall–Kier alpha value is -4.12. The average molecular weight is 552 g/mol. The van der Waals surface area contributed by atoms with Gasteiger partial charge >= 0.3 is 0 Å². The summed E-state index contributed by atoms with van der Waals surface area (Å²) in [5, 5.41) is 13.4. The number of rotatable bonds is 10. The van der Waals surface area contributed by atoms with Gasteiger partial charge in [0.2, 0.25) is 17.6 Å². The van der Waals surface area contributed by atoms with Crippen molar-refractivity contribution in [1.82, 2.24) is 25.2 Å². The number of fused-ring (bicyclic) bond motifs is 1. The van der Waals surface area contributed by atoms with Crippen LogP contribution < -0.4 is 19.5 Å². The van der Waals surface area contributed by atoms with Gasteiger partial charge in [-0.2, -0.15) is 0 Å². The largest absolute Gasteiger partial charge is 0.493 e. The van der Waals surface area contributed by atoms with E-state index < -0.39 is 11.6 Å². The molecule has 0 bridgehead atoms. The standard InChI is InChI=1S/C28H33N5O5S/c1-28(2,3)29-27(35)25(18-14-22(36-4)26(38-6)23(15-18)37-5)32(16-19-10-9-13-39-19)24(34)17-33-21-12-8-7-11-20(21)30-31-33/h7-15,25H,16-17H2,1-6H3,(H,29,35)/t25-/m1/s1. The van der Waals surface area contributed by atoms with E-state index in [1.54, 1.807) is 21.7 Å². The fourth-order valence-corrected chi connectivity index (χ4v) is 5.02. The van der Waals surface area contributed by atoms with Crippen molar-refractivity contribution in [2.75, 3.05) is 21.3 Å². The van der Waals surface area contributed by atoms with Gasteiger partial charge in [-0.15, -0.1) is 16.4 Å². The van der Waals surface area contributed by atoms with E-state index in [9.17, 15) is 9.59 Å². The Bertz CT molecular complexity index is 1420. The van der Waals surface area contributed by atoms with Crippen LogP contribution >= 0.6 is 11.3 Å². The number of para-hydroxylation sites is 1. The van der Waals surface area contributed by atoms with Gasteiger partial charge in [0.1, 0.15) is 18.1 Å². The van der Waals surface area contributed by atoms with Crippen LogP contribution in [0, 0.1) is 0 Å². The van der Waals surface area contributed by atoms with E-state index in [-0.39, 0.29) is 24.9 Å². The number of aromatic nitrogens is 3. The van der Waals surface area contributed by atoms with E-state index in [0.717, 1.165) is 10.4 Å². The zero-order chi connectivity index (χ0) is 28.2. The summed E-state index contributed by atoms with van der Waals surface area (Å²) in [7, 11) is 4.53. The molecular weight excluding hydrogens is 518 g/mol. The predicted octanol–water partition coefficient (Wildman–Crippen LogP) is 4.20. The number of amides is 2. The number of carbonyl (C=O) groups is 2. The first kappa shape index (κ1) is 27.9. The van der Waals surface area contributed by atoms with E-state index in [2.05, 4.69) is 15.6 Å². The molecule has 0 radical (unpaired) electrons. The first-order chi connectivity index (χ1) is 18.6. The topological polar surface area (TPSA) is 108 Å². The molecule has 1 N–H and O–H groups in total. The van der Waals surface area contributed by atoms with Gasteiger partial charge in [0.05, 0.1) is 33.4 Å². The Morgan fingerprint density at radius 1 is 1.03 bits per heavy atom. The Morgan fingerprint density at radius 2 is 1.72 bits per heavy atom. The summed E-state index contributed by atoms with van der Waals surface area (Å²) in [6.07, 6.45) is 0. The first-order valence-electron chi connectivity index (χ1n) is 12.4. The molecule has 2 aromatic heterocycles. The third-order valence-corrected chi connectivity index (χ3v) is 6.85. The minimum Gasteiger partial charge on any atom is -0.493 e. The summed E-state index contributed by atoms with van der Waals surface area (Å²) in [6, 6.07) is 13.7. The van der Waals surface area contributed by atoms with Gasteiger partial charge < -0.3 is 24.4 Å². The van der Waals surface area contributed by atoms with Crippen molar-refractivity contribution < 1.29 is 23.8 Å². The molecule has 0 aliphatic rings. The minimum absolute atomic E-state index is 0.102. The molecule has 10 nitrogen and oxygen atoms in total. The first-order valence-corrected chi connectivity index (χ1v) is 13.2. The lowest BCUT2D eigenvalue weighted by Crippen LogP contribution is -2.49. The number of nitrogens with one attached hydrogen (secondary N) is 1. The summed E-state index contributed by atoms with van der Waals surface area (Å²) in [6.45, 7) is 5.79. The summed E-state index contributed by atoms with van der Waals surface area (Å²) < 4.78 is 18.2. The zero-order valence-corrected chi connectivity index (χ0v) is 23.7. The summed E-state index contributed by atoms with van der Waals surface area (Å²) in [5.74, 6) is 0.508. The maximum atomic E-state index is 14.1. The molecule has 0 unspecified atom stereocenters. The molecular formula is C28H33N5O5S. The predicted molar refractivity (Wildman–Crippen MR) is 149 cm³/mol. The van der Waals surface area contributed by atoms with E-state index in [4.69, 9.17) is 14.2 Å². The molecule has 4 rings (SSSR count). The fraction of sp³-hybridized carbons (Fsp3) is 0.357. The van der Waals surface area contributed by atoms with E-state index in [0.29, 0.717) is 28.3 Å². The molecule has 4 aromatic rings. The van der Waals surface area contributed by atoms with Gasteiger partial charge in [0.25, 0.3) is 0 Å². The highest BCUT2D eigenvalue weighted by Gasteiger charge is 2.35. The Balaban J connectivity index is 1.84. The highest BCUT2D eigenvalue weighted by molar-refractivity contribution is 7.09. The molecule has 0 fully saturated rings. The molecule has 0 aliphatic heterocycles. The second kappa shape index (κ2) is 11.7. The van der Waals surface area contributed by atoms with Crippen molar-refractivity contribution in [2.24, 2.45) is 0 Å². The van der Waals surface area contributed by atoms with Crippen LogP contribution in [0.1, 0.15) is 37.3 Å². The molecule has 0 saturated carbocycles. The average Bonchev–Trinajstić information content (AvgIpc) is 3.56. The highest BCUT2D eigenvalue weighted by Crippen LogP contribution is 2.41. The van der Waals surface area contributed by atoms with Crippen molar-refractivity contribution >= 4 is 34.2 Å². The number of ether oxygens (including phenoxy) is 3. The minimum atomic E-state index is -1.01. The van der Waals surface area contributed by atoms with Crippen LogP contribution in [-0.2, 0) is 22.7 Å². The van der Waals surface area contributed by atoms with Crippen LogP contribution in [-0.4, -0.2) is 58.6 Å². The second-order valence-electron chi connectivity index (χ2n) is 9.94. The fourth-order valence-electron chi connectivity index (χ4n) is 4.32. The zero-order valence-electron chi connectivity index (χ0n) is 22.9. The molecule has 11 heteroatoms. The number of hydrogen-bond donors (Lipinski definition) is 1. The van der Waals surface area contributed by atoms with E-state index in [1.165, 1.54) is 32.7 Å². The van der Waals surface area contributed by atoms with Crippen molar-refractivity contribution in [2.45, 2.75) is 45.4 Å². The van der Waals surface area contributed by atoms with Crippen molar-refractivity contribution in [1.29, 1.82) is 0 Å². The Kier molecular flexibility index (Phi) is 8.39. The summed E-state index contributed by atoms with van der Waals surface area (Å²) >= 11 is 1.51. The summed E-state index contributed by atoms with van der Waals surface area (Å²) in [4.78, 5) is 30.5. The third-order valence-electron chi connectivity index (χ3n) is 5.99. The van der Waals surface area contributed by atoms with Crippen molar-refractivity contribution in [3.63, 3.8) is 0 Å². The lowest BCUT2D eigenvalue weighted by atomic mass is 10.00. The SMILES string of the molecule is COc1cc([C@H](C(=O)NC(C)(C)C)N(Cc2cccs2)C(=O)Cn2nnc3ccccc32)cc(OC)c1OC. The number of methoxy groups -OCH3 is 3. The van der Waals surface area contributed by atoms with Crippen LogP contribution in [0.4, 0.5) is 0 Å². The summed E-state index contributed by atoms with van der Waals surface area (Å²) in [5.41, 5.74) is 1.38. The molecule has 1 atom stereocenters. The molecule has 39 heavy (non-hydrogen) atoms.